The second kappa shape index (κ2) is 7.86. The standard InChI is InChI=1S/C19H17F2N3O2/c1-12(16-4-2-3-9-22-16)24-18(25)7-8-19-23-11-17(26-19)14-6-5-13(20)10-15(14)21/h2-6,9-12H,7-8H2,1H3,(H,24,25). The second-order valence-corrected chi connectivity index (χ2v) is 5.79. The molecule has 0 radical (unpaired) electrons. The van der Waals surface area contributed by atoms with E-state index in [9.17, 15) is 13.6 Å². The number of carbonyl (C=O) groups excluding carboxylic acids is 1. The molecule has 26 heavy (non-hydrogen) atoms. The number of rotatable bonds is 6. The average Bonchev–Trinajstić information content (AvgIpc) is 3.09. The van der Waals surface area contributed by atoms with Crippen LogP contribution >= 0.6 is 0 Å². The van der Waals surface area contributed by atoms with Gasteiger partial charge in [-0.15, -0.1) is 0 Å². The van der Waals surface area contributed by atoms with Crippen LogP contribution in [0.25, 0.3) is 11.3 Å². The normalized spacial score (nSPS) is 12.0. The number of oxazole rings is 1. The van der Waals surface area contributed by atoms with Gasteiger partial charge in [-0.2, -0.15) is 0 Å². The van der Waals surface area contributed by atoms with E-state index in [2.05, 4.69) is 15.3 Å². The first-order chi connectivity index (χ1) is 12.5. The van der Waals surface area contributed by atoms with E-state index in [1.807, 2.05) is 25.1 Å². The number of nitrogens with zero attached hydrogens (tertiary/aromatic N) is 2. The van der Waals surface area contributed by atoms with Crippen molar-refractivity contribution in [3.8, 4) is 11.3 Å². The summed E-state index contributed by atoms with van der Waals surface area (Å²) >= 11 is 0. The lowest BCUT2D eigenvalue weighted by atomic mass is 10.2. The molecular formula is C19H17F2N3O2. The summed E-state index contributed by atoms with van der Waals surface area (Å²) in [7, 11) is 0. The molecule has 0 aliphatic rings. The van der Waals surface area contributed by atoms with Crippen LogP contribution < -0.4 is 5.32 Å². The molecule has 0 saturated heterocycles. The zero-order valence-electron chi connectivity index (χ0n) is 14.1. The molecule has 3 aromatic rings. The topological polar surface area (TPSA) is 68.0 Å². The van der Waals surface area contributed by atoms with E-state index in [0.29, 0.717) is 5.89 Å². The molecule has 2 heterocycles. The van der Waals surface area contributed by atoms with Crippen molar-refractivity contribution in [3.63, 3.8) is 0 Å². The van der Waals surface area contributed by atoms with Crippen molar-refractivity contribution in [1.29, 1.82) is 0 Å². The van der Waals surface area contributed by atoms with Crippen molar-refractivity contribution in [1.82, 2.24) is 15.3 Å². The molecule has 1 amide bonds. The van der Waals surface area contributed by atoms with Crippen LogP contribution in [0.4, 0.5) is 8.78 Å². The molecule has 0 fully saturated rings. The molecule has 134 valence electrons. The highest BCUT2D eigenvalue weighted by Gasteiger charge is 2.14. The molecule has 2 aromatic heterocycles. The molecular weight excluding hydrogens is 340 g/mol. The predicted octanol–water partition coefficient (Wildman–Crippen LogP) is 3.82. The Morgan fingerprint density at radius 3 is 2.81 bits per heavy atom. The summed E-state index contributed by atoms with van der Waals surface area (Å²) in [6.07, 6.45) is 3.47. The Kier molecular flexibility index (Phi) is 5.36. The van der Waals surface area contributed by atoms with E-state index in [-0.39, 0.29) is 36.1 Å². The number of hydrogen-bond donors (Lipinski definition) is 1. The monoisotopic (exact) mass is 357 g/mol. The molecule has 3 rings (SSSR count). The number of amides is 1. The molecule has 1 N–H and O–H groups in total. The van der Waals surface area contributed by atoms with Crippen molar-refractivity contribution < 1.29 is 18.0 Å². The molecule has 0 aliphatic heterocycles. The van der Waals surface area contributed by atoms with E-state index in [0.717, 1.165) is 17.8 Å². The zero-order chi connectivity index (χ0) is 18.5. The Morgan fingerprint density at radius 1 is 1.23 bits per heavy atom. The van der Waals surface area contributed by atoms with Gasteiger partial charge in [-0.25, -0.2) is 13.8 Å². The van der Waals surface area contributed by atoms with Crippen LogP contribution in [-0.4, -0.2) is 15.9 Å². The molecule has 7 heteroatoms. The van der Waals surface area contributed by atoms with Gasteiger partial charge in [0.15, 0.2) is 11.7 Å². The van der Waals surface area contributed by atoms with Crippen LogP contribution in [0.2, 0.25) is 0 Å². The van der Waals surface area contributed by atoms with Crippen LogP contribution in [0, 0.1) is 11.6 Å². The first-order valence-corrected chi connectivity index (χ1v) is 8.13. The SMILES string of the molecule is CC(NC(=O)CCc1ncc(-c2ccc(F)cc2F)o1)c1ccccn1. The highest BCUT2D eigenvalue weighted by molar-refractivity contribution is 5.76. The lowest BCUT2D eigenvalue weighted by Gasteiger charge is -2.12. The van der Waals surface area contributed by atoms with Crippen molar-refractivity contribution >= 4 is 5.91 Å². The summed E-state index contributed by atoms with van der Waals surface area (Å²) in [4.78, 5) is 20.3. The third-order valence-electron chi connectivity index (χ3n) is 3.82. The maximum Gasteiger partial charge on any atom is 0.221 e. The second-order valence-electron chi connectivity index (χ2n) is 5.79. The van der Waals surface area contributed by atoms with Crippen molar-refractivity contribution in [2.45, 2.75) is 25.8 Å². The number of aryl methyl sites for hydroxylation is 1. The summed E-state index contributed by atoms with van der Waals surface area (Å²) in [5.41, 5.74) is 0.893. The molecule has 1 atom stereocenters. The molecule has 1 unspecified atom stereocenters. The summed E-state index contributed by atoms with van der Waals surface area (Å²) in [6.45, 7) is 1.85. The third-order valence-corrected chi connectivity index (χ3v) is 3.82. The third kappa shape index (κ3) is 4.30. The minimum absolute atomic E-state index is 0.123. The number of pyridine rings is 1. The molecule has 0 spiro atoms. The predicted molar refractivity (Wildman–Crippen MR) is 91.0 cm³/mol. The van der Waals surface area contributed by atoms with Gasteiger partial charge in [-0.1, -0.05) is 6.07 Å². The summed E-state index contributed by atoms with van der Waals surface area (Å²) in [5, 5.41) is 2.85. The molecule has 5 nitrogen and oxygen atoms in total. The van der Waals surface area contributed by atoms with E-state index in [4.69, 9.17) is 4.42 Å². The summed E-state index contributed by atoms with van der Waals surface area (Å²) in [5.74, 6) is -1.06. The van der Waals surface area contributed by atoms with Crippen LogP contribution in [0.1, 0.15) is 31.0 Å². The van der Waals surface area contributed by atoms with Gasteiger partial charge >= 0.3 is 0 Å². The maximum absolute atomic E-state index is 13.8. The fourth-order valence-corrected chi connectivity index (χ4v) is 2.48. The number of benzene rings is 1. The first kappa shape index (κ1) is 17.7. The molecule has 0 aliphatic carbocycles. The van der Waals surface area contributed by atoms with Crippen LogP contribution in [0.3, 0.4) is 0 Å². The summed E-state index contributed by atoms with van der Waals surface area (Å²) < 4.78 is 32.2. The van der Waals surface area contributed by atoms with E-state index in [1.54, 1.807) is 6.20 Å². The van der Waals surface area contributed by atoms with Crippen LogP contribution in [0.15, 0.2) is 53.2 Å². The largest absolute Gasteiger partial charge is 0.441 e. The van der Waals surface area contributed by atoms with Crippen LogP contribution in [-0.2, 0) is 11.2 Å². The molecule has 0 bridgehead atoms. The highest BCUT2D eigenvalue weighted by atomic mass is 19.1. The van der Waals surface area contributed by atoms with E-state index >= 15 is 0 Å². The van der Waals surface area contributed by atoms with Gasteiger partial charge in [0.2, 0.25) is 5.91 Å². The fraction of sp³-hybridized carbons (Fsp3) is 0.211. The average molecular weight is 357 g/mol. The first-order valence-electron chi connectivity index (χ1n) is 8.13. The number of carbonyl (C=O) groups is 1. The number of halogens is 2. The Balaban J connectivity index is 1.57. The van der Waals surface area contributed by atoms with Gasteiger partial charge in [-0.3, -0.25) is 9.78 Å². The fourth-order valence-electron chi connectivity index (χ4n) is 2.48. The minimum Gasteiger partial charge on any atom is -0.441 e. The minimum atomic E-state index is -0.727. The van der Waals surface area contributed by atoms with Crippen molar-refractivity contribution in [2.75, 3.05) is 0 Å². The maximum atomic E-state index is 13.8. The van der Waals surface area contributed by atoms with Gasteiger partial charge < -0.3 is 9.73 Å². The molecule has 1 aromatic carbocycles. The number of aromatic nitrogens is 2. The smallest absolute Gasteiger partial charge is 0.221 e. The Labute approximate surface area is 149 Å². The van der Waals surface area contributed by atoms with E-state index < -0.39 is 11.6 Å². The number of hydrogen-bond acceptors (Lipinski definition) is 4. The van der Waals surface area contributed by atoms with Gasteiger partial charge in [0.25, 0.3) is 0 Å². The quantitative estimate of drug-likeness (QED) is 0.728. The Bertz CT molecular complexity index is 897. The van der Waals surface area contributed by atoms with Crippen molar-refractivity contribution in [3.05, 3.63) is 72.0 Å². The van der Waals surface area contributed by atoms with Gasteiger partial charge in [0.1, 0.15) is 11.6 Å². The zero-order valence-corrected chi connectivity index (χ0v) is 14.1. The molecule has 0 saturated carbocycles. The van der Waals surface area contributed by atoms with Crippen molar-refractivity contribution in [2.24, 2.45) is 0 Å². The van der Waals surface area contributed by atoms with Crippen LogP contribution in [0.5, 0.6) is 0 Å². The lowest BCUT2D eigenvalue weighted by molar-refractivity contribution is -0.121. The summed E-state index contributed by atoms with van der Waals surface area (Å²) in [6, 6.07) is 8.50. The van der Waals surface area contributed by atoms with Gasteiger partial charge in [-0.05, 0) is 31.2 Å². The Hall–Kier alpha value is -3.09. The van der Waals surface area contributed by atoms with Gasteiger partial charge in [0.05, 0.1) is 23.5 Å². The van der Waals surface area contributed by atoms with Gasteiger partial charge in [0, 0.05) is 25.1 Å². The van der Waals surface area contributed by atoms with E-state index in [1.165, 1.54) is 12.3 Å². The lowest BCUT2D eigenvalue weighted by Crippen LogP contribution is -2.27. The number of nitrogens with one attached hydrogen (secondary N) is 1. The highest BCUT2D eigenvalue weighted by Crippen LogP contribution is 2.24. The Morgan fingerprint density at radius 2 is 2.08 bits per heavy atom.